The summed E-state index contributed by atoms with van der Waals surface area (Å²) in [6.07, 6.45) is 6.56. The van der Waals surface area contributed by atoms with Gasteiger partial charge in [0.1, 0.15) is 23.4 Å². The van der Waals surface area contributed by atoms with Gasteiger partial charge in [0, 0.05) is 37.1 Å². The van der Waals surface area contributed by atoms with Crippen molar-refractivity contribution in [3.8, 4) is 16.9 Å². The number of aromatic nitrogens is 5. The minimum absolute atomic E-state index is 0.0433. The average Bonchev–Trinajstić information content (AvgIpc) is 3.32. The van der Waals surface area contributed by atoms with Crippen molar-refractivity contribution in [1.82, 2.24) is 24.7 Å². The van der Waals surface area contributed by atoms with Crippen LogP contribution in [-0.2, 0) is 0 Å². The van der Waals surface area contributed by atoms with E-state index in [1.54, 1.807) is 23.1 Å². The van der Waals surface area contributed by atoms with E-state index in [-0.39, 0.29) is 5.69 Å². The standard InChI is InChI=1S/C22H22N8O2/c1-15-4-6-18(16(2)12-15)21-19(29-11-3-8-27-29)14-26-22(28-21)24-10-9-23-20-7-5-17(13-25-20)30(31)32/h3-8,11-14H,9-10H2,1-2H3,(H,23,25)(H,24,26,28). The highest BCUT2D eigenvalue weighted by Gasteiger charge is 2.14. The van der Waals surface area contributed by atoms with Gasteiger partial charge in [-0.3, -0.25) is 10.1 Å². The number of rotatable bonds is 8. The van der Waals surface area contributed by atoms with E-state index < -0.39 is 4.92 Å². The van der Waals surface area contributed by atoms with Gasteiger partial charge in [-0.25, -0.2) is 19.6 Å². The number of anilines is 2. The van der Waals surface area contributed by atoms with Gasteiger partial charge in [-0.1, -0.05) is 23.8 Å². The summed E-state index contributed by atoms with van der Waals surface area (Å²) in [5.74, 6) is 1.05. The van der Waals surface area contributed by atoms with Crippen LogP contribution in [0.5, 0.6) is 0 Å². The zero-order valence-electron chi connectivity index (χ0n) is 17.7. The summed E-state index contributed by atoms with van der Waals surface area (Å²) < 4.78 is 1.75. The van der Waals surface area contributed by atoms with Crippen molar-refractivity contribution in [3.05, 3.63) is 82.4 Å². The number of hydrogen-bond donors (Lipinski definition) is 2. The molecule has 0 aliphatic heterocycles. The molecule has 0 bridgehead atoms. The van der Waals surface area contributed by atoms with E-state index in [2.05, 4.69) is 57.7 Å². The third-order valence-corrected chi connectivity index (χ3v) is 4.83. The van der Waals surface area contributed by atoms with Crippen molar-refractivity contribution in [2.75, 3.05) is 23.7 Å². The van der Waals surface area contributed by atoms with E-state index in [9.17, 15) is 10.1 Å². The molecule has 0 spiro atoms. The van der Waals surface area contributed by atoms with Gasteiger partial charge in [0.05, 0.1) is 11.1 Å². The van der Waals surface area contributed by atoms with Gasteiger partial charge in [-0.15, -0.1) is 0 Å². The lowest BCUT2D eigenvalue weighted by molar-refractivity contribution is -0.385. The van der Waals surface area contributed by atoms with Crippen LogP contribution < -0.4 is 10.6 Å². The molecule has 0 aliphatic carbocycles. The van der Waals surface area contributed by atoms with E-state index in [0.29, 0.717) is 24.9 Å². The van der Waals surface area contributed by atoms with Gasteiger partial charge in [0.2, 0.25) is 5.95 Å². The summed E-state index contributed by atoms with van der Waals surface area (Å²) in [5.41, 5.74) is 4.85. The van der Waals surface area contributed by atoms with Gasteiger partial charge >= 0.3 is 0 Å². The third kappa shape index (κ3) is 4.69. The Hall–Kier alpha value is -4.34. The molecule has 0 saturated carbocycles. The molecule has 0 saturated heterocycles. The largest absolute Gasteiger partial charge is 0.368 e. The molecule has 3 heterocycles. The molecule has 4 rings (SSSR count). The minimum Gasteiger partial charge on any atom is -0.368 e. The number of nitrogens with zero attached hydrogens (tertiary/aromatic N) is 6. The fraction of sp³-hybridized carbons (Fsp3) is 0.182. The van der Waals surface area contributed by atoms with Crippen LogP contribution in [0.3, 0.4) is 0 Å². The minimum atomic E-state index is -0.476. The van der Waals surface area contributed by atoms with Crippen LogP contribution in [0.2, 0.25) is 0 Å². The second kappa shape index (κ2) is 9.21. The van der Waals surface area contributed by atoms with Crippen LogP contribution in [0.25, 0.3) is 16.9 Å². The van der Waals surface area contributed by atoms with Crippen LogP contribution >= 0.6 is 0 Å². The highest BCUT2D eigenvalue weighted by Crippen LogP contribution is 2.28. The maximum Gasteiger partial charge on any atom is 0.287 e. The van der Waals surface area contributed by atoms with E-state index in [4.69, 9.17) is 4.98 Å². The summed E-state index contributed by atoms with van der Waals surface area (Å²) in [6, 6.07) is 11.1. The normalized spacial score (nSPS) is 10.7. The van der Waals surface area contributed by atoms with E-state index >= 15 is 0 Å². The van der Waals surface area contributed by atoms with Crippen molar-refractivity contribution in [1.29, 1.82) is 0 Å². The SMILES string of the molecule is Cc1ccc(-c2nc(NCCNc3ccc([N+](=O)[O-])cn3)ncc2-n2cccn2)c(C)c1. The Labute approximate surface area is 184 Å². The van der Waals surface area contributed by atoms with E-state index in [1.807, 2.05) is 12.3 Å². The first-order valence-electron chi connectivity index (χ1n) is 10.0. The zero-order chi connectivity index (χ0) is 22.5. The van der Waals surface area contributed by atoms with Gasteiger partial charge in [0.25, 0.3) is 5.69 Å². The second-order valence-corrected chi connectivity index (χ2v) is 7.21. The van der Waals surface area contributed by atoms with E-state index in [0.717, 1.165) is 22.5 Å². The predicted octanol–water partition coefficient (Wildman–Crippen LogP) is 3.77. The molecule has 162 valence electrons. The topological polar surface area (TPSA) is 124 Å². The first-order chi connectivity index (χ1) is 15.5. The number of nitrogens with one attached hydrogen (secondary N) is 2. The molecule has 3 aromatic heterocycles. The molecule has 4 aromatic rings. The summed E-state index contributed by atoms with van der Waals surface area (Å²) in [5, 5.41) is 21.4. The molecule has 0 radical (unpaired) electrons. The molecule has 10 nitrogen and oxygen atoms in total. The molecule has 32 heavy (non-hydrogen) atoms. The van der Waals surface area contributed by atoms with Crippen molar-refractivity contribution in [2.24, 2.45) is 0 Å². The molecule has 0 amide bonds. The number of hydrogen-bond acceptors (Lipinski definition) is 8. The molecule has 0 unspecified atom stereocenters. The smallest absolute Gasteiger partial charge is 0.287 e. The maximum absolute atomic E-state index is 10.7. The molecule has 10 heteroatoms. The van der Waals surface area contributed by atoms with Gasteiger partial charge in [-0.05, 0) is 31.5 Å². The number of benzene rings is 1. The lowest BCUT2D eigenvalue weighted by Gasteiger charge is -2.14. The number of aryl methyl sites for hydroxylation is 2. The molecule has 0 aliphatic rings. The van der Waals surface area contributed by atoms with Gasteiger partial charge < -0.3 is 10.6 Å². The molecule has 0 atom stereocenters. The molecular formula is C22H22N8O2. The molecule has 2 N–H and O–H groups in total. The highest BCUT2D eigenvalue weighted by molar-refractivity contribution is 5.72. The fourth-order valence-electron chi connectivity index (χ4n) is 3.28. The average molecular weight is 430 g/mol. The van der Waals surface area contributed by atoms with Crippen LogP contribution in [-0.4, -0.2) is 42.7 Å². The van der Waals surface area contributed by atoms with Crippen LogP contribution in [0, 0.1) is 24.0 Å². The molecular weight excluding hydrogens is 408 g/mol. The summed E-state index contributed by atoms with van der Waals surface area (Å²) in [6.45, 7) is 5.19. The first kappa shape index (κ1) is 20.9. The van der Waals surface area contributed by atoms with Gasteiger partial charge in [0.15, 0.2) is 0 Å². The van der Waals surface area contributed by atoms with Crippen molar-refractivity contribution < 1.29 is 4.92 Å². The molecule has 1 aromatic carbocycles. The zero-order valence-corrected chi connectivity index (χ0v) is 17.7. The van der Waals surface area contributed by atoms with Crippen LogP contribution in [0.4, 0.5) is 17.5 Å². The van der Waals surface area contributed by atoms with Crippen LogP contribution in [0.1, 0.15) is 11.1 Å². The Kier molecular flexibility index (Phi) is 6.02. The monoisotopic (exact) mass is 430 g/mol. The quantitative estimate of drug-likeness (QED) is 0.246. The van der Waals surface area contributed by atoms with E-state index in [1.165, 1.54) is 17.8 Å². The fourth-order valence-corrected chi connectivity index (χ4v) is 3.28. The summed E-state index contributed by atoms with van der Waals surface area (Å²) >= 11 is 0. The summed E-state index contributed by atoms with van der Waals surface area (Å²) in [7, 11) is 0. The summed E-state index contributed by atoms with van der Waals surface area (Å²) in [4.78, 5) is 23.5. The van der Waals surface area contributed by atoms with Crippen molar-refractivity contribution in [2.45, 2.75) is 13.8 Å². The Morgan fingerprint density at radius 1 is 1.06 bits per heavy atom. The number of nitro groups is 1. The Morgan fingerprint density at radius 2 is 1.91 bits per heavy atom. The Balaban J connectivity index is 1.49. The lowest BCUT2D eigenvalue weighted by atomic mass is 10.0. The van der Waals surface area contributed by atoms with Crippen LogP contribution in [0.15, 0.2) is 61.2 Å². The first-order valence-corrected chi connectivity index (χ1v) is 10.0. The van der Waals surface area contributed by atoms with Crippen molar-refractivity contribution >= 4 is 17.5 Å². The predicted molar refractivity (Wildman–Crippen MR) is 122 cm³/mol. The Bertz CT molecular complexity index is 1220. The lowest BCUT2D eigenvalue weighted by Crippen LogP contribution is -2.16. The highest BCUT2D eigenvalue weighted by atomic mass is 16.6. The van der Waals surface area contributed by atoms with Crippen molar-refractivity contribution in [3.63, 3.8) is 0 Å². The number of pyridine rings is 1. The molecule has 0 fully saturated rings. The third-order valence-electron chi connectivity index (χ3n) is 4.83. The second-order valence-electron chi connectivity index (χ2n) is 7.21. The Morgan fingerprint density at radius 3 is 2.59 bits per heavy atom. The maximum atomic E-state index is 10.7. The van der Waals surface area contributed by atoms with Gasteiger partial charge in [-0.2, -0.15) is 5.10 Å².